The fourth-order valence-electron chi connectivity index (χ4n) is 2.05. The van der Waals surface area contributed by atoms with Gasteiger partial charge >= 0.3 is 0 Å². The second-order valence-corrected chi connectivity index (χ2v) is 5.67. The normalized spacial score (nSPS) is 11.3. The number of halogens is 2. The minimum absolute atomic E-state index is 0.373. The topological polar surface area (TPSA) is 30.7 Å². The number of alkyl halides is 1. The molecule has 3 aromatic heterocycles. The summed E-state index contributed by atoms with van der Waals surface area (Å²) >= 11 is 13.6. The molecule has 0 spiro atoms. The van der Waals surface area contributed by atoms with Crippen LogP contribution in [0.3, 0.4) is 0 Å². The van der Waals surface area contributed by atoms with Gasteiger partial charge in [0.15, 0.2) is 5.65 Å². The van der Waals surface area contributed by atoms with E-state index in [0.717, 1.165) is 30.0 Å². The zero-order chi connectivity index (χ0) is 13.2. The SMILES string of the molecule is ClCc1nc2cc(Cl)cnc2n1CCc1ccsc1. The van der Waals surface area contributed by atoms with Gasteiger partial charge < -0.3 is 4.57 Å². The lowest BCUT2D eigenvalue weighted by Gasteiger charge is -2.05. The van der Waals surface area contributed by atoms with Crippen LogP contribution >= 0.6 is 34.5 Å². The Bertz CT molecular complexity index is 691. The Balaban J connectivity index is 1.96. The highest BCUT2D eigenvalue weighted by Gasteiger charge is 2.11. The van der Waals surface area contributed by atoms with Gasteiger partial charge in [0.05, 0.1) is 10.9 Å². The molecule has 98 valence electrons. The van der Waals surface area contributed by atoms with Gasteiger partial charge in [0.25, 0.3) is 0 Å². The third kappa shape index (κ3) is 2.61. The van der Waals surface area contributed by atoms with Crippen LogP contribution in [0.1, 0.15) is 11.4 Å². The van der Waals surface area contributed by atoms with Gasteiger partial charge in [-0.3, -0.25) is 0 Å². The monoisotopic (exact) mass is 311 g/mol. The second kappa shape index (κ2) is 5.49. The van der Waals surface area contributed by atoms with Crippen LogP contribution in [0.2, 0.25) is 5.02 Å². The van der Waals surface area contributed by atoms with Crippen LogP contribution in [0.15, 0.2) is 29.1 Å². The van der Waals surface area contributed by atoms with E-state index in [9.17, 15) is 0 Å². The van der Waals surface area contributed by atoms with Gasteiger partial charge in [-0.2, -0.15) is 11.3 Å². The zero-order valence-electron chi connectivity index (χ0n) is 10.0. The summed E-state index contributed by atoms with van der Waals surface area (Å²) in [5.41, 5.74) is 2.96. The fourth-order valence-corrected chi connectivity index (χ4v) is 3.11. The van der Waals surface area contributed by atoms with Crippen LogP contribution in [0.25, 0.3) is 11.2 Å². The van der Waals surface area contributed by atoms with Crippen LogP contribution in [0, 0.1) is 0 Å². The Morgan fingerprint density at radius 1 is 1.37 bits per heavy atom. The predicted octanol–water partition coefficient (Wildman–Crippen LogP) is 4.13. The Kier molecular flexibility index (Phi) is 3.73. The molecule has 0 amide bonds. The molecule has 0 aliphatic carbocycles. The molecule has 0 radical (unpaired) electrons. The summed E-state index contributed by atoms with van der Waals surface area (Å²) in [4.78, 5) is 8.84. The molecule has 0 saturated carbocycles. The van der Waals surface area contributed by atoms with E-state index in [2.05, 4.69) is 31.4 Å². The van der Waals surface area contributed by atoms with Crippen molar-refractivity contribution in [2.75, 3.05) is 0 Å². The third-order valence-electron chi connectivity index (χ3n) is 2.95. The number of hydrogen-bond donors (Lipinski definition) is 0. The maximum atomic E-state index is 5.96. The molecule has 3 nitrogen and oxygen atoms in total. The Labute approximate surface area is 124 Å². The summed E-state index contributed by atoms with van der Waals surface area (Å²) in [6, 6.07) is 3.95. The smallest absolute Gasteiger partial charge is 0.160 e. The Morgan fingerprint density at radius 2 is 2.26 bits per heavy atom. The molecule has 0 fully saturated rings. The molecule has 6 heteroatoms. The number of aryl methyl sites for hydroxylation is 2. The summed E-state index contributed by atoms with van der Waals surface area (Å²) in [7, 11) is 0. The number of nitrogens with zero attached hydrogens (tertiary/aromatic N) is 3. The van der Waals surface area contributed by atoms with Crippen molar-refractivity contribution in [1.29, 1.82) is 0 Å². The highest BCUT2D eigenvalue weighted by atomic mass is 35.5. The first-order valence-corrected chi connectivity index (χ1v) is 7.71. The van der Waals surface area contributed by atoms with Crippen molar-refractivity contribution in [3.05, 3.63) is 45.5 Å². The maximum absolute atomic E-state index is 5.96. The predicted molar refractivity (Wildman–Crippen MR) is 80.1 cm³/mol. The van der Waals surface area contributed by atoms with E-state index in [-0.39, 0.29) is 0 Å². The van der Waals surface area contributed by atoms with Crippen LogP contribution in [0.5, 0.6) is 0 Å². The second-order valence-electron chi connectivity index (χ2n) is 4.19. The van der Waals surface area contributed by atoms with Gasteiger partial charge in [0, 0.05) is 12.7 Å². The summed E-state index contributed by atoms with van der Waals surface area (Å²) in [6.07, 6.45) is 2.59. The lowest BCUT2D eigenvalue weighted by Crippen LogP contribution is -2.05. The number of aromatic nitrogens is 3. The van der Waals surface area contributed by atoms with Crippen LogP contribution < -0.4 is 0 Å². The molecule has 0 aliphatic rings. The fraction of sp³-hybridized carbons (Fsp3) is 0.231. The first-order chi connectivity index (χ1) is 9.28. The Hall–Kier alpha value is -1.10. The average Bonchev–Trinajstić information content (AvgIpc) is 3.02. The summed E-state index contributed by atoms with van der Waals surface area (Å²) < 4.78 is 2.07. The number of hydrogen-bond acceptors (Lipinski definition) is 3. The Morgan fingerprint density at radius 3 is 3.00 bits per heavy atom. The number of rotatable bonds is 4. The summed E-state index contributed by atoms with van der Waals surface area (Å²) in [5, 5.41) is 4.84. The molecular weight excluding hydrogens is 301 g/mol. The highest BCUT2D eigenvalue weighted by Crippen LogP contribution is 2.20. The molecular formula is C13H11Cl2N3S. The van der Waals surface area contributed by atoms with E-state index in [0.29, 0.717) is 10.9 Å². The van der Waals surface area contributed by atoms with Gasteiger partial charge in [-0.05, 0) is 34.9 Å². The number of pyridine rings is 1. The minimum Gasteiger partial charge on any atom is -0.311 e. The van der Waals surface area contributed by atoms with Gasteiger partial charge in [-0.15, -0.1) is 11.6 Å². The average molecular weight is 312 g/mol. The lowest BCUT2D eigenvalue weighted by molar-refractivity contribution is 0.683. The summed E-state index contributed by atoms with van der Waals surface area (Å²) in [6.45, 7) is 0.823. The van der Waals surface area contributed by atoms with Crippen molar-refractivity contribution in [3.63, 3.8) is 0 Å². The van der Waals surface area contributed by atoms with E-state index < -0.39 is 0 Å². The number of thiophene rings is 1. The molecule has 0 aromatic carbocycles. The number of imidazole rings is 1. The number of fused-ring (bicyclic) bond motifs is 1. The molecule has 0 N–H and O–H groups in total. The lowest BCUT2D eigenvalue weighted by atomic mass is 10.2. The van der Waals surface area contributed by atoms with Crippen molar-refractivity contribution in [2.24, 2.45) is 0 Å². The molecule has 0 bridgehead atoms. The van der Waals surface area contributed by atoms with Gasteiger partial charge in [-0.1, -0.05) is 11.6 Å². The van der Waals surface area contributed by atoms with E-state index in [1.807, 2.05) is 6.07 Å². The van der Waals surface area contributed by atoms with Crippen molar-refractivity contribution in [3.8, 4) is 0 Å². The molecule has 0 saturated heterocycles. The molecule has 0 aliphatic heterocycles. The first-order valence-electron chi connectivity index (χ1n) is 5.85. The van der Waals surface area contributed by atoms with E-state index >= 15 is 0 Å². The first kappa shape index (κ1) is 12.9. The molecule has 3 rings (SSSR count). The molecule has 3 heterocycles. The van der Waals surface area contributed by atoms with Crippen molar-refractivity contribution < 1.29 is 0 Å². The van der Waals surface area contributed by atoms with E-state index in [1.165, 1.54) is 5.56 Å². The van der Waals surface area contributed by atoms with Gasteiger partial charge in [-0.25, -0.2) is 9.97 Å². The van der Waals surface area contributed by atoms with Gasteiger partial charge in [0.1, 0.15) is 11.3 Å². The quantitative estimate of drug-likeness (QED) is 0.678. The van der Waals surface area contributed by atoms with Crippen LogP contribution in [0.4, 0.5) is 0 Å². The van der Waals surface area contributed by atoms with E-state index in [1.54, 1.807) is 17.5 Å². The highest BCUT2D eigenvalue weighted by molar-refractivity contribution is 7.07. The van der Waals surface area contributed by atoms with Crippen molar-refractivity contribution in [2.45, 2.75) is 18.8 Å². The minimum atomic E-state index is 0.373. The van der Waals surface area contributed by atoms with Crippen LogP contribution in [-0.4, -0.2) is 14.5 Å². The molecule has 3 aromatic rings. The van der Waals surface area contributed by atoms with Crippen LogP contribution in [-0.2, 0) is 18.8 Å². The van der Waals surface area contributed by atoms with Crippen molar-refractivity contribution >= 4 is 45.7 Å². The zero-order valence-corrected chi connectivity index (χ0v) is 12.3. The largest absolute Gasteiger partial charge is 0.311 e. The molecule has 0 unspecified atom stereocenters. The molecule has 19 heavy (non-hydrogen) atoms. The van der Waals surface area contributed by atoms with Gasteiger partial charge in [0.2, 0.25) is 0 Å². The standard InChI is InChI=1S/C13H11Cl2N3S/c14-6-12-17-11-5-10(15)7-16-13(11)18(12)3-1-9-2-4-19-8-9/h2,4-5,7-8H,1,3,6H2. The molecule has 0 atom stereocenters. The third-order valence-corrected chi connectivity index (χ3v) is 4.13. The van der Waals surface area contributed by atoms with Crippen molar-refractivity contribution in [1.82, 2.24) is 14.5 Å². The summed E-state index contributed by atoms with van der Waals surface area (Å²) in [5.74, 6) is 1.21. The van der Waals surface area contributed by atoms with E-state index in [4.69, 9.17) is 23.2 Å². The maximum Gasteiger partial charge on any atom is 0.160 e.